The van der Waals surface area contributed by atoms with Crippen molar-refractivity contribution in [1.82, 2.24) is 0 Å². The van der Waals surface area contributed by atoms with Crippen LogP contribution in [0.5, 0.6) is 0 Å². The van der Waals surface area contributed by atoms with E-state index < -0.39 is 27.4 Å². The first-order chi connectivity index (χ1) is 8.89. The van der Waals surface area contributed by atoms with E-state index in [1.54, 1.807) is 0 Å². The van der Waals surface area contributed by atoms with Gasteiger partial charge in [0, 0.05) is 6.42 Å². The van der Waals surface area contributed by atoms with Gasteiger partial charge in [-0.25, -0.2) is 4.79 Å². The topological polar surface area (TPSA) is 69.7 Å². The van der Waals surface area contributed by atoms with E-state index in [4.69, 9.17) is 0 Å². The lowest BCUT2D eigenvalue weighted by atomic mass is 9.76. The van der Waals surface area contributed by atoms with Gasteiger partial charge in [0.15, 0.2) is 0 Å². The normalized spacial score (nSPS) is 19.7. The van der Waals surface area contributed by atoms with E-state index in [0.717, 1.165) is 7.11 Å². The summed E-state index contributed by atoms with van der Waals surface area (Å²) in [6, 6.07) is 0. The first-order valence-electron chi connectivity index (χ1n) is 5.71. The Morgan fingerprint density at radius 1 is 1.30 bits per heavy atom. The van der Waals surface area contributed by atoms with Gasteiger partial charge >= 0.3 is 21.6 Å². The van der Waals surface area contributed by atoms with E-state index in [9.17, 15) is 26.4 Å². The fourth-order valence-electron chi connectivity index (χ4n) is 1.85. The quantitative estimate of drug-likeness (QED) is 0.454. The summed E-state index contributed by atoms with van der Waals surface area (Å²) in [5.41, 5.74) is -6.05. The minimum Gasteiger partial charge on any atom is -0.466 e. The van der Waals surface area contributed by atoms with Crippen LogP contribution in [0.25, 0.3) is 0 Å². The molecule has 5 nitrogen and oxygen atoms in total. The highest BCUT2D eigenvalue weighted by molar-refractivity contribution is 7.87. The monoisotopic (exact) mass is 316 g/mol. The average Bonchev–Trinajstić information content (AvgIpc) is 2.28. The molecule has 0 heterocycles. The molecule has 0 aromatic carbocycles. The molecular weight excluding hydrogens is 301 g/mol. The van der Waals surface area contributed by atoms with Gasteiger partial charge in [-0.1, -0.05) is 13.8 Å². The molecular formula is C11H15F3O5S. The van der Waals surface area contributed by atoms with Gasteiger partial charge in [-0.05, 0) is 18.3 Å². The Bertz CT molecular complexity index is 531. The first kappa shape index (κ1) is 16.8. The van der Waals surface area contributed by atoms with Crippen LogP contribution in [0.3, 0.4) is 0 Å². The number of hydrogen-bond donors (Lipinski definition) is 0. The molecule has 0 saturated heterocycles. The molecule has 0 saturated carbocycles. The van der Waals surface area contributed by atoms with Crippen LogP contribution in [0, 0.1) is 5.41 Å². The van der Waals surface area contributed by atoms with Crippen LogP contribution in [-0.4, -0.2) is 27.0 Å². The zero-order chi connectivity index (χ0) is 15.8. The molecule has 0 aromatic rings. The number of alkyl halides is 3. The molecule has 0 amide bonds. The predicted octanol–water partition coefficient (Wildman–Crippen LogP) is 2.49. The van der Waals surface area contributed by atoms with Crippen LogP contribution in [-0.2, 0) is 23.8 Å². The van der Waals surface area contributed by atoms with Crippen molar-refractivity contribution in [2.45, 2.75) is 38.6 Å². The molecule has 1 aliphatic carbocycles. The number of carbonyl (C=O) groups excluding carboxylic acids is 1. The summed E-state index contributed by atoms with van der Waals surface area (Å²) >= 11 is 0. The fourth-order valence-corrected chi connectivity index (χ4v) is 2.39. The molecule has 0 radical (unpaired) electrons. The maximum Gasteiger partial charge on any atom is 0.534 e. The van der Waals surface area contributed by atoms with E-state index >= 15 is 0 Å². The predicted molar refractivity (Wildman–Crippen MR) is 62.7 cm³/mol. The van der Waals surface area contributed by atoms with Crippen LogP contribution in [0.4, 0.5) is 13.2 Å². The van der Waals surface area contributed by atoms with E-state index in [2.05, 4.69) is 8.92 Å². The molecule has 0 aliphatic heterocycles. The van der Waals surface area contributed by atoms with Gasteiger partial charge in [-0.3, -0.25) is 0 Å². The second-order valence-corrected chi connectivity index (χ2v) is 6.76. The van der Waals surface area contributed by atoms with Crippen molar-refractivity contribution in [3.05, 3.63) is 11.3 Å². The van der Waals surface area contributed by atoms with Gasteiger partial charge in [0.05, 0.1) is 12.7 Å². The van der Waals surface area contributed by atoms with Crippen molar-refractivity contribution >= 4 is 16.1 Å². The standard InChI is InChI=1S/C11H15F3O5S/c1-10(2)5-4-8(7(6-10)9(15)18-3)19-20(16,17)11(12,13)14/h4-6H2,1-3H3. The second kappa shape index (κ2) is 5.27. The highest BCUT2D eigenvalue weighted by Crippen LogP contribution is 2.41. The molecule has 20 heavy (non-hydrogen) atoms. The van der Waals surface area contributed by atoms with Crippen molar-refractivity contribution < 1.29 is 35.3 Å². The summed E-state index contributed by atoms with van der Waals surface area (Å²) in [4.78, 5) is 11.6. The molecule has 0 spiro atoms. The van der Waals surface area contributed by atoms with Gasteiger partial charge in [0.2, 0.25) is 0 Å². The third-order valence-electron chi connectivity index (χ3n) is 2.95. The molecule has 0 fully saturated rings. The minimum absolute atomic E-state index is 0.0766. The van der Waals surface area contributed by atoms with Crippen molar-refractivity contribution in [2.24, 2.45) is 5.41 Å². The SMILES string of the molecule is COC(=O)C1=C(OS(=O)(=O)C(F)(F)F)CCC(C)(C)C1. The zero-order valence-electron chi connectivity index (χ0n) is 11.2. The molecule has 0 bridgehead atoms. The van der Waals surface area contributed by atoms with E-state index in [0.29, 0.717) is 6.42 Å². The average molecular weight is 316 g/mol. The highest BCUT2D eigenvalue weighted by atomic mass is 32.2. The summed E-state index contributed by atoms with van der Waals surface area (Å²) < 4.78 is 67.5. The lowest BCUT2D eigenvalue weighted by Crippen LogP contribution is -2.29. The number of esters is 1. The summed E-state index contributed by atoms with van der Waals surface area (Å²) in [5, 5.41) is 0. The van der Waals surface area contributed by atoms with Gasteiger partial charge in [0.25, 0.3) is 0 Å². The smallest absolute Gasteiger partial charge is 0.466 e. The fraction of sp³-hybridized carbons (Fsp3) is 0.727. The summed E-state index contributed by atoms with van der Waals surface area (Å²) in [6.07, 6.45) is 0.408. The van der Waals surface area contributed by atoms with Crippen LogP contribution in [0.2, 0.25) is 0 Å². The van der Waals surface area contributed by atoms with Gasteiger partial charge < -0.3 is 8.92 Å². The number of allylic oxidation sites excluding steroid dienone is 1. The molecule has 1 rings (SSSR count). The number of hydrogen-bond acceptors (Lipinski definition) is 5. The largest absolute Gasteiger partial charge is 0.534 e. The van der Waals surface area contributed by atoms with Crippen molar-refractivity contribution in [1.29, 1.82) is 0 Å². The van der Waals surface area contributed by atoms with Gasteiger partial charge in [0.1, 0.15) is 5.76 Å². The van der Waals surface area contributed by atoms with Crippen LogP contribution >= 0.6 is 0 Å². The highest BCUT2D eigenvalue weighted by Gasteiger charge is 2.49. The molecule has 0 atom stereocenters. The molecule has 9 heteroatoms. The Hall–Kier alpha value is -1.25. The summed E-state index contributed by atoms with van der Waals surface area (Å²) in [5.74, 6) is -1.38. The molecule has 0 aromatic heterocycles. The van der Waals surface area contributed by atoms with Crippen LogP contribution in [0.1, 0.15) is 33.1 Å². The minimum atomic E-state index is -5.77. The Labute approximate surface area is 114 Å². The second-order valence-electron chi connectivity index (χ2n) is 5.22. The van der Waals surface area contributed by atoms with Crippen molar-refractivity contribution in [3.8, 4) is 0 Å². The Morgan fingerprint density at radius 2 is 1.85 bits per heavy atom. The van der Waals surface area contributed by atoms with Crippen LogP contribution < -0.4 is 0 Å². The zero-order valence-corrected chi connectivity index (χ0v) is 12.0. The first-order valence-corrected chi connectivity index (χ1v) is 7.11. The van der Waals surface area contributed by atoms with Gasteiger partial charge in [-0.2, -0.15) is 21.6 Å². The number of rotatable bonds is 3. The van der Waals surface area contributed by atoms with Crippen molar-refractivity contribution in [3.63, 3.8) is 0 Å². The van der Waals surface area contributed by atoms with Crippen molar-refractivity contribution in [2.75, 3.05) is 7.11 Å². The molecule has 0 unspecified atom stereocenters. The third kappa shape index (κ3) is 3.65. The number of methoxy groups -OCH3 is 1. The van der Waals surface area contributed by atoms with E-state index in [1.807, 2.05) is 13.8 Å². The summed E-state index contributed by atoms with van der Waals surface area (Å²) in [7, 11) is -4.71. The summed E-state index contributed by atoms with van der Waals surface area (Å²) in [6.45, 7) is 3.62. The molecule has 116 valence electrons. The number of halogens is 3. The Kier molecular flexibility index (Phi) is 4.42. The van der Waals surface area contributed by atoms with Gasteiger partial charge in [-0.15, -0.1) is 0 Å². The van der Waals surface area contributed by atoms with E-state index in [1.165, 1.54) is 0 Å². The Balaban J connectivity index is 3.18. The number of ether oxygens (including phenoxy) is 1. The lowest BCUT2D eigenvalue weighted by molar-refractivity contribution is -0.137. The Morgan fingerprint density at radius 3 is 2.30 bits per heavy atom. The molecule has 1 aliphatic rings. The third-order valence-corrected chi connectivity index (χ3v) is 3.93. The lowest BCUT2D eigenvalue weighted by Gasteiger charge is -2.31. The maximum atomic E-state index is 12.3. The van der Waals surface area contributed by atoms with Crippen LogP contribution in [0.15, 0.2) is 11.3 Å². The van der Waals surface area contributed by atoms with E-state index in [-0.39, 0.29) is 23.8 Å². The maximum absolute atomic E-state index is 12.3. The number of carbonyl (C=O) groups is 1. The molecule has 0 N–H and O–H groups in total.